The first-order chi connectivity index (χ1) is 8.49. The molecule has 98 valence electrons. The molecular weight excluding hydrogens is 274 g/mol. The zero-order valence-corrected chi connectivity index (χ0v) is 11.5. The van der Waals surface area contributed by atoms with Gasteiger partial charge in [-0.25, -0.2) is 4.79 Å². The number of nitrogens with zero attached hydrogens (tertiary/aromatic N) is 1. The average Bonchev–Trinajstić information content (AvgIpc) is 2.34. The van der Waals surface area contributed by atoms with Crippen LogP contribution >= 0.6 is 24.2 Å². The number of carboxylic acid groups (broad SMARTS) is 1. The Morgan fingerprint density at radius 2 is 2.06 bits per heavy atom. The van der Waals surface area contributed by atoms with Crippen molar-refractivity contribution in [2.75, 3.05) is 12.8 Å². The molecule has 1 rings (SSSR count). The summed E-state index contributed by atoms with van der Waals surface area (Å²) in [6.07, 6.45) is 0.283. The summed E-state index contributed by atoms with van der Waals surface area (Å²) in [6, 6.07) is 5.66. The lowest BCUT2D eigenvalue weighted by molar-refractivity contribution is -0.142. The largest absolute Gasteiger partial charge is 0.480 e. The predicted octanol–water partition coefficient (Wildman–Crippen LogP) is 2.19. The molecule has 0 spiro atoms. The molecule has 0 aliphatic carbocycles. The fourth-order valence-electron chi connectivity index (χ4n) is 1.57. The molecule has 0 saturated heterocycles. The molecular formula is C12H14ClNO3S. The first kappa shape index (κ1) is 14.9. The van der Waals surface area contributed by atoms with Crippen molar-refractivity contribution in [3.8, 4) is 0 Å². The van der Waals surface area contributed by atoms with Gasteiger partial charge >= 0.3 is 5.97 Å². The Morgan fingerprint density at radius 1 is 1.44 bits per heavy atom. The molecule has 0 aromatic heterocycles. The highest BCUT2D eigenvalue weighted by Crippen LogP contribution is 2.18. The fourth-order valence-corrected chi connectivity index (χ4v) is 2.03. The summed E-state index contributed by atoms with van der Waals surface area (Å²) in [4.78, 5) is 24.4. The summed E-state index contributed by atoms with van der Waals surface area (Å²) < 4.78 is 0. The van der Waals surface area contributed by atoms with Crippen molar-refractivity contribution in [3.63, 3.8) is 0 Å². The second-order valence-electron chi connectivity index (χ2n) is 3.76. The second kappa shape index (κ2) is 6.66. The molecule has 0 aliphatic heterocycles. The van der Waals surface area contributed by atoms with Crippen LogP contribution in [-0.2, 0) is 4.79 Å². The van der Waals surface area contributed by atoms with E-state index in [2.05, 4.69) is 12.6 Å². The number of benzene rings is 1. The van der Waals surface area contributed by atoms with Crippen molar-refractivity contribution in [2.24, 2.45) is 0 Å². The molecule has 0 saturated carbocycles. The molecule has 6 heteroatoms. The molecule has 1 N–H and O–H groups in total. The quantitative estimate of drug-likeness (QED) is 0.816. The smallest absolute Gasteiger partial charge is 0.326 e. The molecule has 0 heterocycles. The van der Waals surface area contributed by atoms with E-state index in [1.165, 1.54) is 11.9 Å². The highest BCUT2D eigenvalue weighted by atomic mass is 35.5. The van der Waals surface area contributed by atoms with Gasteiger partial charge in [-0.1, -0.05) is 23.7 Å². The monoisotopic (exact) mass is 287 g/mol. The molecule has 0 radical (unpaired) electrons. The number of hydrogen-bond acceptors (Lipinski definition) is 3. The lowest BCUT2D eigenvalue weighted by atomic mass is 10.1. The Morgan fingerprint density at radius 3 is 2.56 bits per heavy atom. The van der Waals surface area contributed by atoms with Crippen LogP contribution in [0.4, 0.5) is 0 Å². The van der Waals surface area contributed by atoms with Crippen molar-refractivity contribution in [2.45, 2.75) is 12.5 Å². The predicted molar refractivity (Wildman–Crippen MR) is 73.4 cm³/mol. The molecule has 1 unspecified atom stereocenters. The number of halogens is 1. The third-order valence-corrected chi connectivity index (χ3v) is 3.17. The van der Waals surface area contributed by atoms with Crippen molar-refractivity contribution < 1.29 is 14.7 Å². The van der Waals surface area contributed by atoms with E-state index in [0.29, 0.717) is 16.3 Å². The van der Waals surface area contributed by atoms with Crippen LogP contribution in [0.1, 0.15) is 16.8 Å². The molecule has 18 heavy (non-hydrogen) atoms. The molecule has 1 atom stereocenters. The number of carbonyl (C=O) groups is 2. The average molecular weight is 288 g/mol. The van der Waals surface area contributed by atoms with Gasteiger partial charge in [0, 0.05) is 7.05 Å². The Balaban J connectivity index is 2.95. The molecule has 1 amide bonds. The van der Waals surface area contributed by atoms with Crippen molar-refractivity contribution >= 4 is 36.1 Å². The highest BCUT2D eigenvalue weighted by molar-refractivity contribution is 7.80. The van der Waals surface area contributed by atoms with E-state index >= 15 is 0 Å². The van der Waals surface area contributed by atoms with Crippen LogP contribution in [0.5, 0.6) is 0 Å². The Kier molecular flexibility index (Phi) is 5.50. The van der Waals surface area contributed by atoms with Gasteiger partial charge in [0.1, 0.15) is 6.04 Å². The van der Waals surface area contributed by atoms with E-state index in [4.69, 9.17) is 16.7 Å². The van der Waals surface area contributed by atoms with Crippen LogP contribution in [0.3, 0.4) is 0 Å². The number of amides is 1. The topological polar surface area (TPSA) is 57.6 Å². The molecule has 0 fully saturated rings. The molecule has 0 bridgehead atoms. The minimum absolute atomic E-state index is 0.283. The molecule has 0 aliphatic rings. The number of hydrogen-bond donors (Lipinski definition) is 2. The Hall–Kier alpha value is -1.20. The summed E-state index contributed by atoms with van der Waals surface area (Å²) >= 11 is 9.91. The molecule has 1 aromatic rings. The third kappa shape index (κ3) is 3.40. The third-order valence-electron chi connectivity index (χ3n) is 2.58. The van der Waals surface area contributed by atoms with Crippen LogP contribution in [-0.4, -0.2) is 40.7 Å². The van der Waals surface area contributed by atoms with E-state index in [9.17, 15) is 9.59 Å². The zero-order chi connectivity index (χ0) is 13.7. The van der Waals surface area contributed by atoms with E-state index in [1.54, 1.807) is 24.3 Å². The first-order valence-corrected chi connectivity index (χ1v) is 6.35. The summed E-state index contributed by atoms with van der Waals surface area (Å²) in [5, 5.41) is 9.39. The Bertz CT molecular complexity index is 453. The summed E-state index contributed by atoms with van der Waals surface area (Å²) in [7, 11) is 1.45. The zero-order valence-electron chi connectivity index (χ0n) is 9.84. The van der Waals surface area contributed by atoms with Gasteiger partial charge in [0.25, 0.3) is 5.91 Å². The van der Waals surface area contributed by atoms with Crippen molar-refractivity contribution in [1.82, 2.24) is 4.90 Å². The van der Waals surface area contributed by atoms with Crippen LogP contribution in [0.15, 0.2) is 24.3 Å². The summed E-state index contributed by atoms with van der Waals surface area (Å²) in [5.74, 6) is -1.07. The lowest BCUT2D eigenvalue weighted by Gasteiger charge is -2.24. The maximum Gasteiger partial charge on any atom is 0.326 e. The van der Waals surface area contributed by atoms with Gasteiger partial charge < -0.3 is 10.0 Å². The minimum Gasteiger partial charge on any atom is -0.480 e. The van der Waals surface area contributed by atoms with E-state index in [-0.39, 0.29) is 6.42 Å². The Labute approximate surface area is 116 Å². The fraction of sp³-hybridized carbons (Fsp3) is 0.333. The van der Waals surface area contributed by atoms with Gasteiger partial charge in [0.2, 0.25) is 0 Å². The second-order valence-corrected chi connectivity index (χ2v) is 4.62. The number of carbonyl (C=O) groups excluding carboxylic acids is 1. The normalized spacial score (nSPS) is 11.9. The minimum atomic E-state index is -1.05. The van der Waals surface area contributed by atoms with Gasteiger partial charge in [0.15, 0.2) is 0 Å². The SMILES string of the molecule is CN(C(=O)c1ccccc1Cl)C(CCS)C(=O)O. The number of likely N-dealkylation sites (N-methyl/N-ethyl adjacent to an activating group) is 1. The maximum absolute atomic E-state index is 12.1. The van der Waals surface area contributed by atoms with E-state index in [0.717, 1.165) is 0 Å². The lowest BCUT2D eigenvalue weighted by Crippen LogP contribution is -2.42. The summed E-state index contributed by atoms with van der Waals surface area (Å²) in [5.41, 5.74) is 0.298. The molecule has 1 aromatic carbocycles. The van der Waals surface area contributed by atoms with E-state index < -0.39 is 17.9 Å². The van der Waals surface area contributed by atoms with Crippen LogP contribution in [0.2, 0.25) is 5.02 Å². The number of carboxylic acids is 1. The van der Waals surface area contributed by atoms with E-state index in [1.807, 2.05) is 0 Å². The van der Waals surface area contributed by atoms with Crippen LogP contribution < -0.4 is 0 Å². The van der Waals surface area contributed by atoms with Crippen molar-refractivity contribution in [1.29, 1.82) is 0 Å². The van der Waals surface area contributed by atoms with Crippen LogP contribution in [0, 0.1) is 0 Å². The first-order valence-electron chi connectivity index (χ1n) is 5.34. The standard InChI is InChI=1S/C12H14ClNO3S/c1-14(10(6-7-18)12(16)17)11(15)8-4-2-3-5-9(8)13/h2-5,10,18H,6-7H2,1H3,(H,16,17). The van der Waals surface area contributed by atoms with Crippen LogP contribution in [0.25, 0.3) is 0 Å². The summed E-state index contributed by atoms with van der Waals surface area (Å²) in [6.45, 7) is 0. The number of aliphatic carboxylic acids is 1. The maximum atomic E-state index is 12.1. The number of thiol groups is 1. The van der Waals surface area contributed by atoms with Gasteiger partial charge in [-0.15, -0.1) is 0 Å². The number of rotatable bonds is 5. The van der Waals surface area contributed by atoms with Gasteiger partial charge in [0.05, 0.1) is 10.6 Å². The highest BCUT2D eigenvalue weighted by Gasteiger charge is 2.27. The van der Waals surface area contributed by atoms with Gasteiger partial charge in [-0.2, -0.15) is 12.6 Å². The molecule has 4 nitrogen and oxygen atoms in total. The van der Waals surface area contributed by atoms with Gasteiger partial charge in [-0.3, -0.25) is 4.79 Å². The van der Waals surface area contributed by atoms with Crippen molar-refractivity contribution in [3.05, 3.63) is 34.9 Å². The van der Waals surface area contributed by atoms with Gasteiger partial charge in [-0.05, 0) is 24.3 Å².